The zero-order chi connectivity index (χ0) is 25.2. The van der Waals surface area contributed by atoms with E-state index in [1.807, 2.05) is 72.7 Å². The molecular weight excluding hydrogens is 470 g/mol. The van der Waals surface area contributed by atoms with Crippen LogP contribution in [0, 0.1) is 0 Å². The molecule has 0 amide bonds. The van der Waals surface area contributed by atoms with Gasteiger partial charge < -0.3 is 9.64 Å². The minimum Gasteiger partial charge on any atom is -0.460 e. The van der Waals surface area contributed by atoms with Crippen molar-refractivity contribution in [2.45, 2.75) is 31.3 Å². The third kappa shape index (κ3) is 5.98. The number of ether oxygens (including phenoxy) is 1. The van der Waals surface area contributed by atoms with Gasteiger partial charge >= 0.3 is 5.97 Å². The lowest BCUT2D eigenvalue weighted by Gasteiger charge is -2.42. The number of nitrogens with zero attached hydrogens (tertiary/aromatic N) is 2. The van der Waals surface area contributed by atoms with Crippen LogP contribution >= 0.6 is 12.2 Å². The topological polar surface area (TPSA) is 63.7 Å². The second-order valence-electron chi connectivity index (χ2n) is 8.76. The van der Waals surface area contributed by atoms with Crippen LogP contribution in [0.1, 0.15) is 40.7 Å². The van der Waals surface area contributed by atoms with Crippen LogP contribution in [-0.2, 0) is 21.6 Å². The van der Waals surface area contributed by atoms with Crippen molar-refractivity contribution in [3.63, 3.8) is 0 Å². The van der Waals surface area contributed by atoms with Crippen LogP contribution in [0.4, 0.5) is 0 Å². The van der Waals surface area contributed by atoms with Gasteiger partial charge in [-0.15, -0.1) is 0 Å². The van der Waals surface area contributed by atoms with Crippen molar-refractivity contribution < 1.29 is 14.4 Å². The number of carbonyl (C=O) groups excluding carboxylic acids is 1. The summed E-state index contributed by atoms with van der Waals surface area (Å²) in [6.45, 7) is 1.13. The van der Waals surface area contributed by atoms with Crippen molar-refractivity contribution in [2.75, 3.05) is 20.2 Å². The summed E-state index contributed by atoms with van der Waals surface area (Å²) in [6, 6.07) is 23.0. The fourth-order valence-electron chi connectivity index (χ4n) is 4.44. The molecule has 1 aliphatic rings. The summed E-state index contributed by atoms with van der Waals surface area (Å²) in [5, 5.41) is 0. The Bertz CT molecular complexity index is 1170. The summed E-state index contributed by atoms with van der Waals surface area (Å²) in [5.41, 5.74) is 6.15. The van der Waals surface area contributed by atoms with Crippen molar-refractivity contribution >= 4 is 23.2 Å². The summed E-state index contributed by atoms with van der Waals surface area (Å²) >= 11 is 6.11. The first kappa shape index (κ1) is 25.5. The number of hydrogen-bond acceptors (Lipinski definition) is 6. The molecule has 1 aliphatic carbocycles. The Morgan fingerprint density at radius 1 is 1.08 bits per heavy atom. The molecule has 1 N–H and O–H groups in total. The van der Waals surface area contributed by atoms with Crippen LogP contribution in [0.3, 0.4) is 0 Å². The fourth-order valence-corrected chi connectivity index (χ4v) is 4.86. The van der Waals surface area contributed by atoms with Crippen LogP contribution in [-0.4, -0.2) is 41.0 Å². The minimum absolute atomic E-state index is 0.227. The van der Waals surface area contributed by atoms with E-state index >= 15 is 0 Å². The van der Waals surface area contributed by atoms with Gasteiger partial charge in [-0.2, -0.15) is 0 Å². The monoisotopic (exact) mass is 501 g/mol. The van der Waals surface area contributed by atoms with E-state index in [1.54, 1.807) is 18.3 Å². The molecule has 0 fully saturated rings. The number of esters is 1. The standard InChI is InChI=1S/C29H31N3O3S/c1-32(19-20-34-27(33)24-13-6-3-7-14-24)28(36)29(25-15-10-18-30-21-25)17-9-8-16-26(29)31-35-22-23-11-4-2-5-12-23/h2-7,10-16,18,21,31H,8-9,17,19-20,22H2,1H3. The van der Waals surface area contributed by atoms with E-state index in [2.05, 4.69) is 22.6 Å². The van der Waals surface area contributed by atoms with Gasteiger partial charge in [0.25, 0.3) is 0 Å². The first-order valence-electron chi connectivity index (χ1n) is 12.1. The van der Waals surface area contributed by atoms with Crippen LogP contribution in [0.15, 0.2) is 97.0 Å². The van der Waals surface area contributed by atoms with Gasteiger partial charge in [0, 0.05) is 19.4 Å². The van der Waals surface area contributed by atoms with E-state index in [-0.39, 0.29) is 12.6 Å². The number of thiocarbonyl (C=S) groups is 1. The highest BCUT2D eigenvalue weighted by atomic mass is 32.1. The molecule has 0 saturated carbocycles. The van der Waals surface area contributed by atoms with E-state index in [0.29, 0.717) is 18.7 Å². The number of likely N-dealkylation sites (N-methyl/N-ethyl adjacent to an activating group) is 1. The number of hydrogen-bond donors (Lipinski definition) is 1. The Hall–Kier alpha value is -3.55. The maximum atomic E-state index is 12.4. The summed E-state index contributed by atoms with van der Waals surface area (Å²) in [4.78, 5) is 25.4. The molecule has 4 rings (SSSR count). The molecular formula is C29H31N3O3S. The summed E-state index contributed by atoms with van der Waals surface area (Å²) in [7, 11) is 1.94. The van der Waals surface area contributed by atoms with E-state index in [1.165, 1.54) is 0 Å². The number of rotatable bonds is 10. The average molecular weight is 502 g/mol. The van der Waals surface area contributed by atoms with Gasteiger partial charge in [-0.1, -0.05) is 72.9 Å². The lowest BCUT2D eigenvalue weighted by atomic mass is 9.71. The second kappa shape index (κ2) is 12.4. The first-order chi connectivity index (χ1) is 17.6. The zero-order valence-electron chi connectivity index (χ0n) is 20.4. The summed E-state index contributed by atoms with van der Waals surface area (Å²) in [5.74, 6) is -0.342. The van der Waals surface area contributed by atoms with Gasteiger partial charge in [0.15, 0.2) is 0 Å². The number of allylic oxidation sites excluding steroid dienone is 1. The van der Waals surface area contributed by atoms with Crippen LogP contribution in [0.5, 0.6) is 0 Å². The van der Waals surface area contributed by atoms with Crippen LogP contribution < -0.4 is 5.48 Å². The fraction of sp³-hybridized carbons (Fsp3) is 0.276. The summed E-state index contributed by atoms with van der Waals surface area (Å²) < 4.78 is 5.51. The van der Waals surface area contributed by atoms with E-state index in [9.17, 15) is 4.79 Å². The maximum Gasteiger partial charge on any atom is 0.338 e. The van der Waals surface area contributed by atoms with Gasteiger partial charge in [-0.3, -0.25) is 15.3 Å². The van der Waals surface area contributed by atoms with Crippen LogP contribution in [0.2, 0.25) is 0 Å². The molecule has 0 aliphatic heterocycles. The third-order valence-electron chi connectivity index (χ3n) is 6.36. The van der Waals surface area contributed by atoms with Crippen molar-refractivity contribution in [3.05, 3.63) is 114 Å². The molecule has 6 nitrogen and oxygen atoms in total. The largest absolute Gasteiger partial charge is 0.460 e. The predicted octanol–water partition coefficient (Wildman–Crippen LogP) is 5.22. The molecule has 1 unspecified atom stereocenters. The van der Waals surface area contributed by atoms with Crippen molar-refractivity contribution in [1.82, 2.24) is 15.4 Å². The molecule has 1 aromatic heterocycles. The Balaban J connectivity index is 1.48. The van der Waals surface area contributed by atoms with Gasteiger partial charge in [0.2, 0.25) is 0 Å². The third-order valence-corrected chi connectivity index (χ3v) is 7.02. The smallest absolute Gasteiger partial charge is 0.338 e. The normalized spacial score (nSPS) is 17.1. The molecule has 2 aromatic carbocycles. The minimum atomic E-state index is -0.600. The average Bonchev–Trinajstić information content (AvgIpc) is 2.94. The lowest BCUT2D eigenvalue weighted by molar-refractivity contribution is 0.0402. The number of hydroxylamine groups is 1. The first-order valence-corrected chi connectivity index (χ1v) is 12.5. The molecule has 36 heavy (non-hydrogen) atoms. The lowest BCUT2D eigenvalue weighted by Crippen LogP contribution is -2.50. The van der Waals surface area contributed by atoms with E-state index in [4.69, 9.17) is 21.8 Å². The summed E-state index contributed by atoms with van der Waals surface area (Å²) in [6.07, 6.45) is 8.53. The molecule has 0 spiro atoms. The van der Waals surface area contributed by atoms with E-state index < -0.39 is 5.41 Å². The molecule has 0 bridgehead atoms. The van der Waals surface area contributed by atoms with E-state index in [0.717, 1.165) is 41.1 Å². The van der Waals surface area contributed by atoms with Crippen molar-refractivity contribution in [2.24, 2.45) is 0 Å². The number of benzene rings is 2. The van der Waals surface area contributed by atoms with Crippen LogP contribution in [0.25, 0.3) is 0 Å². The molecule has 1 heterocycles. The predicted molar refractivity (Wildman–Crippen MR) is 144 cm³/mol. The van der Waals surface area contributed by atoms with Gasteiger partial charge in [-0.05, 0) is 48.6 Å². The zero-order valence-corrected chi connectivity index (χ0v) is 21.2. The number of nitrogens with one attached hydrogen (secondary N) is 1. The molecule has 3 aromatic rings. The highest BCUT2D eigenvalue weighted by Crippen LogP contribution is 2.41. The SMILES string of the molecule is CN(CCOC(=O)c1ccccc1)C(=S)C1(c2cccnc2)CCCC=C1NOCc1ccccc1. The van der Waals surface area contributed by atoms with Crippen molar-refractivity contribution in [1.29, 1.82) is 0 Å². The highest BCUT2D eigenvalue weighted by Gasteiger charge is 2.44. The van der Waals surface area contributed by atoms with Crippen molar-refractivity contribution in [3.8, 4) is 0 Å². The second-order valence-corrected chi connectivity index (χ2v) is 9.15. The Labute approximate surface area is 217 Å². The molecule has 186 valence electrons. The maximum absolute atomic E-state index is 12.4. The van der Waals surface area contributed by atoms with Gasteiger partial charge in [0.05, 0.1) is 34.8 Å². The quantitative estimate of drug-likeness (QED) is 0.232. The van der Waals surface area contributed by atoms with Gasteiger partial charge in [-0.25, -0.2) is 4.79 Å². The number of carbonyl (C=O) groups is 1. The molecule has 0 radical (unpaired) electrons. The molecule has 0 saturated heterocycles. The number of pyridine rings is 1. The Kier molecular flexibility index (Phi) is 8.81. The highest BCUT2D eigenvalue weighted by molar-refractivity contribution is 7.80. The number of aromatic nitrogens is 1. The molecule has 7 heteroatoms. The Morgan fingerprint density at radius 3 is 2.56 bits per heavy atom. The Morgan fingerprint density at radius 2 is 1.83 bits per heavy atom. The van der Waals surface area contributed by atoms with Gasteiger partial charge in [0.1, 0.15) is 6.61 Å². The molecule has 1 atom stereocenters.